The minimum atomic E-state index is 0.289. The Morgan fingerprint density at radius 2 is 1.50 bits per heavy atom. The van der Waals surface area contributed by atoms with E-state index in [0.29, 0.717) is 6.42 Å². The zero-order valence-electron chi connectivity index (χ0n) is 17.2. The summed E-state index contributed by atoms with van der Waals surface area (Å²) >= 11 is 0. The number of benzene rings is 1. The van der Waals surface area contributed by atoms with Gasteiger partial charge in [0.15, 0.2) is 5.78 Å². The van der Waals surface area contributed by atoms with Crippen LogP contribution in [0.4, 0.5) is 0 Å². The summed E-state index contributed by atoms with van der Waals surface area (Å²) in [5.74, 6) is 0.289. The fourth-order valence-corrected chi connectivity index (χ4v) is 2.38. The summed E-state index contributed by atoms with van der Waals surface area (Å²) in [4.78, 5) is 12.1. The Morgan fingerprint density at radius 1 is 0.962 bits per heavy atom. The van der Waals surface area contributed by atoms with Crippen LogP contribution in [0.5, 0.6) is 0 Å². The number of aliphatic hydroxyl groups is 1. The average molecular weight is 362 g/mol. The van der Waals surface area contributed by atoms with Gasteiger partial charge in [-0.05, 0) is 24.9 Å². The number of rotatable bonds is 12. The van der Waals surface area contributed by atoms with E-state index in [0.717, 1.165) is 32.2 Å². The van der Waals surface area contributed by atoms with Crippen molar-refractivity contribution >= 4 is 5.78 Å². The first-order valence-electron chi connectivity index (χ1n) is 9.76. The second kappa shape index (κ2) is 21.4. The highest BCUT2D eigenvalue weighted by molar-refractivity contribution is 5.96. The minimum Gasteiger partial charge on any atom is -0.400 e. The molecule has 0 fully saturated rings. The number of nitrogens with one attached hydrogen (secondary N) is 1. The highest BCUT2D eigenvalue weighted by Gasteiger charge is 2.05. The van der Waals surface area contributed by atoms with Crippen LogP contribution in [0.15, 0.2) is 43.2 Å². The number of ketones is 1. The van der Waals surface area contributed by atoms with Crippen LogP contribution in [0.3, 0.4) is 0 Å². The average Bonchev–Trinajstić information content (AvgIpc) is 2.68. The molecule has 1 rings (SSSR count). The zero-order valence-corrected chi connectivity index (χ0v) is 17.2. The summed E-state index contributed by atoms with van der Waals surface area (Å²) in [6.07, 6.45) is 9.13. The van der Waals surface area contributed by atoms with Gasteiger partial charge in [-0.15, -0.1) is 5.73 Å². The Labute approximate surface area is 161 Å². The molecule has 0 saturated carbocycles. The maximum atomic E-state index is 12.1. The van der Waals surface area contributed by atoms with Crippen molar-refractivity contribution in [3.63, 3.8) is 0 Å². The lowest BCUT2D eigenvalue weighted by molar-refractivity contribution is 0.0979. The number of Topliss-reactive ketones (excluding diaryl/α,β-unsaturated/α-hetero) is 1. The lowest BCUT2D eigenvalue weighted by Gasteiger charge is -2.06. The third-order valence-electron chi connectivity index (χ3n) is 3.82. The zero-order chi connectivity index (χ0) is 20.0. The molecule has 1 aromatic rings. The van der Waals surface area contributed by atoms with Gasteiger partial charge in [0.25, 0.3) is 0 Å². The Morgan fingerprint density at radius 3 is 2.04 bits per heavy atom. The molecule has 0 radical (unpaired) electrons. The lowest BCUT2D eigenvalue weighted by Crippen LogP contribution is -2.14. The van der Waals surface area contributed by atoms with E-state index in [4.69, 9.17) is 5.11 Å². The van der Waals surface area contributed by atoms with Gasteiger partial charge in [0.2, 0.25) is 0 Å². The molecule has 0 unspecified atom stereocenters. The van der Waals surface area contributed by atoms with E-state index in [1.165, 1.54) is 44.1 Å². The molecule has 3 heteroatoms. The van der Waals surface area contributed by atoms with Crippen molar-refractivity contribution in [3.8, 4) is 0 Å². The summed E-state index contributed by atoms with van der Waals surface area (Å²) in [7, 11) is 1.00. The Hall–Kier alpha value is -1.67. The number of carbonyl (C=O) groups excluding carboxylic acids is 1. The summed E-state index contributed by atoms with van der Waals surface area (Å²) in [6.45, 7) is 12.6. The number of carbonyl (C=O) groups is 1. The lowest BCUT2D eigenvalue weighted by atomic mass is 10.0. The van der Waals surface area contributed by atoms with E-state index in [2.05, 4.69) is 50.2 Å². The first-order valence-corrected chi connectivity index (χ1v) is 9.76. The molecule has 26 heavy (non-hydrogen) atoms. The van der Waals surface area contributed by atoms with Crippen molar-refractivity contribution in [3.05, 3.63) is 54.3 Å². The van der Waals surface area contributed by atoms with Crippen molar-refractivity contribution in [2.45, 2.75) is 71.8 Å². The molecule has 0 spiro atoms. The fourth-order valence-electron chi connectivity index (χ4n) is 2.38. The smallest absolute Gasteiger partial charge is 0.162 e. The van der Waals surface area contributed by atoms with Crippen molar-refractivity contribution < 1.29 is 9.90 Å². The molecule has 1 aromatic carbocycles. The second-order valence-electron chi connectivity index (χ2n) is 6.06. The predicted molar refractivity (Wildman–Crippen MR) is 114 cm³/mol. The third-order valence-corrected chi connectivity index (χ3v) is 3.82. The number of aliphatic hydroxyl groups excluding tert-OH is 1. The molecule has 0 bridgehead atoms. The Balaban J connectivity index is 0. The van der Waals surface area contributed by atoms with Gasteiger partial charge in [0.05, 0.1) is 0 Å². The van der Waals surface area contributed by atoms with Crippen LogP contribution in [0.25, 0.3) is 0 Å². The van der Waals surface area contributed by atoms with Gasteiger partial charge in [-0.1, -0.05) is 83.4 Å². The van der Waals surface area contributed by atoms with Gasteiger partial charge < -0.3 is 10.4 Å². The molecular formula is C23H39NO2. The van der Waals surface area contributed by atoms with E-state index in [1.54, 1.807) is 0 Å². The van der Waals surface area contributed by atoms with Gasteiger partial charge in [-0.25, -0.2) is 0 Å². The number of unbranched alkanes of at least 4 members (excludes halogenated alkanes) is 5. The maximum Gasteiger partial charge on any atom is 0.162 e. The minimum absolute atomic E-state index is 0.289. The predicted octanol–water partition coefficient (Wildman–Crippen LogP) is 5.69. The molecule has 0 aliphatic carbocycles. The van der Waals surface area contributed by atoms with Crippen LogP contribution in [0, 0.1) is 0 Å². The number of hydrogen-bond acceptors (Lipinski definition) is 3. The molecule has 0 aliphatic rings. The molecular weight excluding hydrogens is 322 g/mol. The summed E-state index contributed by atoms with van der Waals surface area (Å²) in [5, 5.41) is 10.4. The number of hydrogen-bond donors (Lipinski definition) is 2. The normalized spacial score (nSPS) is 9.23. The first-order chi connectivity index (χ1) is 12.7. The molecule has 0 saturated heterocycles. The van der Waals surface area contributed by atoms with Gasteiger partial charge in [-0.2, -0.15) is 0 Å². The third kappa shape index (κ3) is 15.8. The molecule has 148 valence electrons. The Kier molecular flexibility index (Phi) is 21.8. The van der Waals surface area contributed by atoms with Crippen molar-refractivity contribution in [2.75, 3.05) is 13.7 Å². The molecule has 0 aromatic heterocycles. The van der Waals surface area contributed by atoms with Crippen LogP contribution in [-0.2, 0) is 6.54 Å². The maximum absolute atomic E-state index is 12.1. The largest absolute Gasteiger partial charge is 0.400 e. The second-order valence-corrected chi connectivity index (χ2v) is 6.06. The molecule has 0 amide bonds. The SMILES string of the molecule is C=C=C.CCCCCCCC(=O)c1ccc(CNCCCC)cc1.CO. The van der Waals surface area contributed by atoms with Crippen LogP contribution in [0.1, 0.15) is 81.1 Å². The topological polar surface area (TPSA) is 49.3 Å². The molecule has 0 atom stereocenters. The highest BCUT2D eigenvalue weighted by atomic mass is 16.2. The van der Waals surface area contributed by atoms with Gasteiger partial charge >= 0.3 is 0 Å². The van der Waals surface area contributed by atoms with Crippen molar-refractivity contribution in [2.24, 2.45) is 0 Å². The van der Waals surface area contributed by atoms with Gasteiger partial charge in [0, 0.05) is 25.6 Å². The van der Waals surface area contributed by atoms with Crippen molar-refractivity contribution in [1.82, 2.24) is 5.32 Å². The highest BCUT2D eigenvalue weighted by Crippen LogP contribution is 2.11. The quantitative estimate of drug-likeness (QED) is 0.286. The van der Waals surface area contributed by atoms with E-state index in [-0.39, 0.29) is 5.78 Å². The molecule has 2 N–H and O–H groups in total. The van der Waals surface area contributed by atoms with Gasteiger partial charge in [-0.3, -0.25) is 4.79 Å². The summed E-state index contributed by atoms with van der Waals surface area (Å²) < 4.78 is 0. The molecule has 0 aliphatic heterocycles. The standard InChI is InChI=1S/C19H31NO.C3H4.CH4O/c1-3-5-7-8-9-10-19(21)18-13-11-17(12-14-18)16-20-15-6-4-2;1-3-2;1-2/h11-14,20H,3-10,15-16H2,1-2H3;1-2H2;2H,1H3. The summed E-state index contributed by atoms with van der Waals surface area (Å²) in [6, 6.07) is 8.10. The van der Waals surface area contributed by atoms with Crippen molar-refractivity contribution in [1.29, 1.82) is 0 Å². The molecule has 0 heterocycles. The first kappa shape index (κ1) is 26.6. The van der Waals surface area contributed by atoms with E-state index >= 15 is 0 Å². The molecule has 3 nitrogen and oxygen atoms in total. The van der Waals surface area contributed by atoms with E-state index in [9.17, 15) is 4.79 Å². The fraction of sp³-hybridized carbons (Fsp3) is 0.565. The Bertz CT molecular complexity index is 460. The van der Waals surface area contributed by atoms with Crippen LogP contribution >= 0.6 is 0 Å². The van der Waals surface area contributed by atoms with Crippen LogP contribution in [0.2, 0.25) is 0 Å². The van der Waals surface area contributed by atoms with Gasteiger partial charge in [0.1, 0.15) is 0 Å². The van der Waals surface area contributed by atoms with Crippen LogP contribution < -0.4 is 5.32 Å². The monoisotopic (exact) mass is 361 g/mol. The summed E-state index contributed by atoms with van der Waals surface area (Å²) in [5.41, 5.74) is 4.37. The van der Waals surface area contributed by atoms with Crippen LogP contribution in [-0.4, -0.2) is 24.5 Å². The van der Waals surface area contributed by atoms with E-state index < -0.39 is 0 Å². The van der Waals surface area contributed by atoms with E-state index in [1.807, 2.05) is 12.1 Å².